The molecule has 0 bridgehead atoms. The first-order valence-corrected chi connectivity index (χ1v) is 5.81. The predicted molar refractivity (Wildman–Crippen MR) is 68.9 cm³/mol. The first-order chi connectivity index (χ1) is 9.07. The molecule has 21 heavy (non-hydrogen) atoms. The lowest BCUT2D eigenvalue weighted by atomic mass is 9.94. The van der Waals surface area contributed by atoms with Gasteiger partial charge in [-0.3, -0.25) is 0 Å². The van der Waals surface area contributed by atoms with E-state index in [4.69, 9.17) is 11.5 Å². The summed E-state index contributed by atoms with van der Waals surface area (Å²) in [6.07, 6.45) is -9.05. The highest BCUT2D eigenvalue weighted by Crippen LogP contribution is 2.38. The Morgan fingerprint density at radius 3 is 2.00 bits per heavy atom. The van der Waals surface area contributed by atoms with Gasteiger partial charge in [-0.05, 0) is 43.1 Å². The van der Waals surface area contributed by atoms with Crippen molar-refractivity contribution in [2.45, 2.75) is 31.2 Å². The van der Waals surface area contributed by atoms with E-state index < -0.39 is 35.1 Å². The Morgan fingerprint density at radius 2 is 1.57 bits per heavy atom. The highest BCUT2D eigenvalue weighted by atomic mass is 35.5. The molecule has 0 heterocycles. The molecule has 0 aliphatic carbocycles. The van der Waals surface area contributed by atoms with Gasteiger partial charge in [0, 0.05) is 6.04 Å². The normalized spacial score (nSPS) is 13.7. The van der Waals surface area contributed by atoms with Crippen molar-refractivity contribution in [2.24, 2.45) is 11.5 Å². The molecule has 9 heteroatoms. The maximum absolute atomic E-state index is 12.8. The van der Waals surface area contributed by atoms with E-state index in [0.29, 0.717) is 24.6 Å². The molecule has 122 valence electrons. The molecule has 1 aromatic rings. The zero-order valence-corrected chi connectivity index (χ0v) is 11.6. The second kappa shape index (κ2) is 7.33. The molecule has 4 N–H and O–H groups in total. The molecular weight excluding hydrogens is 322 g/mol. The fraction of sp³-hybridized carbons (Fsp3) is 0.500. The number of nitrogens with two attached hydrogens (primary N) is 2. The van der Waals surface area contributed by atoms with Gasteiger partial charge in [0.25, 0.3) is 0 Å². The molecule has 0 aliphatic heterocycles. The monoisotopic (exact) mass is 336 g/mol. The standard InChI is InChI=1S/C12H14F6N2.ClH/c13-11(14,15)7-3-4-9(12(16,17)18)8(6-7)10(20)2-1-5-19;/h3-4,6,10H,1-2,5,19-20H2;1H/t10-;/m1./s1. The Bertz CT molecular complexity index is 458. The van der Waals surface area contributed by atoms with Crippen molar-refractivity contribution in [1.82, 2.24) is 0 Å². The molecule has 0 amide bonds. The van der Waals surface area contributed by atoms with Crippen molar-refractivity contribution < 1.29 is 26.3 Å². The van der Waals surface area contributed by atoms with Crippen molar-refractivity contribution >= 4 is 12.4 Å². The number of hydrogen-bond donors (Lipinski definition) is 2. The highest BCUT2D eigenvalue weighted by Gasteiger charge is 2.37. The van der Waals surface area contributed by atoms with Crippen LogP contribution in [0, 0.1) is 0 Å². The van der Waals surface area contributed by atoms with E-state index in [-0.39, 0.29) is 25.4 Å². The van der Waals surface area contributed by atoms with Crippen LogP contribution in [0.2, 0.25) is 0 Å². The first-order valence-electron chi connectivity index (χ1n) is 5.81. The van der Waals surface area contributed by atoms with Crippen LogP contribution in [0.15, 0.2) is 18.2 Å². The van der Waals surface area contributed by atoms with Crippen molar-refractivity contribution in [3.05, 3.63) is 34.9 Å². The minimum Gasteiger partial charge on any atom is -0.330 e. The summed E-state index contributed by atoms with van der Waals surface area (Å²) in [5, 5.41) is 0. The third-order valence-electron chi connectivity index (χ3n) is 2.80. The second-order valence-corrected chi connectivity index (χ2v) is 4.33. The zero-order chi connectivity index (χ0) is 15.6. The molecule has 0 spiro atoms. The lowest BCUT2D eigenvalue weighted by molar-refractivity contribution is -0.142. The molecule has 0 radical (unpaired) electrons. The van der Waals surface area contributed by atoms with Gasteiger partial charge in [-0.15, -0.1) is 12.4 Å². The maximum atomic E-state index is 12.8. The number of benzene rings is 1. The van der Waals surface area contributed by atoms with Crippen LogP contribution in [0.5, 0.6) is 0 Å². The predicted octanol–water partition coefficient (Wildman–Crippen LogP) is 3.88. The summed E-state index contributed by atoms with van der Waals surface area (Å²) in [5.74, 6) is 0. The first kappa shape index (κ1) is 20.0. The van der Waals surface area contributed by atoms with Crippen LogP contribution in [-0.2, 0) is 12.4 Å². The molecule has 0 aliphatic rings. The number of hydrogen-bond acceptors (Lipinski definition) is 2. The van der Waals surface area contributed by atoms with Crippen LogP contribution < -0.4 is 11.5 Å². The van der Waals surface area contributed by atoms with Gasteiger partial charge in [-0.25, -0.2) is 0 Å². The van der Waals surface area contributed by atoms with E-state index in [0.717, 1.165) is 0 Å². The van der Waals surface area contributed by atoms with Crippen LogP contribution in [0.4, 0.5) is 26.3 Å². The molecule has 1 atom stereocenters. The Labute approximate surface area is 123 Å². The molecule has 0 saturated heterocycles. The lowest BCUT2D eigenvalue weighted by Crippen LogP contribution is -2.20. The summed E-state index contributed by atoms with van der Waals surface area (Å²) in [4.78, 5) is 0. The van der Waals surface area contributed by atoms with Crippen LogP contribution in [0.25, 0.3) is 0 Å². The number of alkyl halides is 6. The maximum Gasteiger partial charge on any atom is 0.416 e. The summed E-state index contributed by atoms with van der Waals surface area (Å²) >= 11 is 0. The van der Waals surface area contributed by atoms with Crippen LogP contribution in [0.1, 0.15) is 35.6 Å². The average molecular weight is 337 g/mol. The van der Waals surface area contributed by atoms with Gasteiger partial charge in [-0.2, -0.15) is 26.3 Å². The van der Waals surface area contributed by atoms with Gasteiger partial charge >= 0.3 is 12.4 Å². The average Bonchev–Trinajstić information content (AvgIpc) is 2.33. The fourth-order valence-electron chi connectivity index (χ4n) is 1.80. The van der Waals surface area contributed by atoms with Crippen molar-refractivity contribution in [2.75, 3.05) is 6.54 Å². The molecular formula is C12H15ClF6N2. The van der Waals surface area contributed by atoms with Gasteiger partial charge in [0.15, 0.2) is 0 Å². The van der Waals surface area contributed by atoms with Gasteiger partial charge < -0.3 is 11.5 Å². The minimum atomic E-state index is -4.75. The summed E-state index contributed by atoms with van der Waals surface area (Å²) in [6.45, 7) is 0.202. The van der Waals surface area contributed by atoms with E-state index in [9.17, 15) is 26.3 Å². The summed E-state index contributed by atoms with van der Waals surface area (Å²) < 4.78 is 76.1. The fourth-order valence-corrected chi connectivity index (χ4v) is 1.80. The second-order valence-electron chi connectivity index (χ2n) is 4.33. The third kappa shape index (κ3) is 5.37. The van der Waals surface area contributed by atoms with Crippen molar-refractivity contribution in [3.8, 4) is 0 Å². The van der Waals surface area contributed by atoms with Crippen molar-refractivity contribution in [1.29, 1.82) is 0 Å². The van der Waals surface area contributed by atoms with Crippen LogP contribution in [-0.4, -0.2) is 6.54 Å². The summed E-state index contributed by atoms with van der Waals surface area (Å²) in [5.41, 5.74) is 7.94. The van der Waals surface area contributed by atoms with E-state index in [1.54, 1.807) is 0 Å². The van der Waals surface area contributed by atoms with E-state index in [1.165, 1.54) is 0 Å². The van der Waals surface area contributed by atoms with Gasteiger partial charge in [0.05, 0.1) is 11.1 Å². The Balaban J connectivity index is 0.00000400. The minimum absolute atomic E-state index is 0. The van der Waals surface area contributed by atoms with Gasteiger partial charge in [0.2, 0.25) is 0 Å². The highest BCUT2D eigenvalue weighted by molar-refractivity contribution is 5.85. The lowest BCUT2D eigenvalue weighted by Gasteiger charge is -2.20. The molecule has 2 nitrogen and oxygen atoms in total. The Hall–Kier alpha value is -0.990. The smallest absolute Gasteiger partial charge is 0.330 e. The quantitative estimate of drug-likeness (QED) is 0.820. The Kier molecular flexibility index (Phi) is 6.98. The molecule has 1 aromatic carbocycles. The summed E-state index contributed by atoms with van der Waals surface area (Å²) in [6, 6.07) is 0.143. The van der Waals surface area contributed by atoms with E-state index in [1.807, 2.05) is 0 Å². The third-order valence-corrected chi connectivity index (χ3v) is 2.80. The number of rotatable bonds is 4. The molecule has 0 saturated carbocycles. The summed E-state index contributed by atoms with van der Waals surface area (Å²) in [7, 11) is 0. The Morgan fingerprint density at radius 1 is 1.00 bits per heavy atom. The topological polar surface area (TPSA) is 52.0 Å². The van der Waals surface area contributed by atoms with E-state index >= 15 is 0 Å². The SMILES string of the molecule is Cl.NCCC[C@@H](N)c1cc(C(F)(F)F)ccc1C(F)(F)F. The number of halogens is 7. The largest absolute Gasteiger partial charge is 0.416 e. The van der Waals surface area contributed by atoms with Crippen LogP contribution >= 0.6 is 12.4 Å². The molecule has 0 aromatic heterocycles. The van der Waals surface area contributed by atoms with Gasteiger partial charge in [-0.1, -0.05) is 0 Å². The van der Waals surface area contributed by atoms with Gasteiger partial charge in [0.1, 0.15) is 0 Å². The molecule has 0 fully saturated rings. The molecule has 0 unspecified atom stereocenters. The van der Waals surface area contributed by atoms with E-state index in [2.05, 4.69) is 0 Å². The molecule has 1 rings (SSSR count). The van der Waals surface area contributed by atoms with Crippen LogP contribution in [0.3, 0.4) is 0 Å². The van der Waals surface area contributed by atoms with Crippen molar-refractivity contribution in [3.63, 3.8) is 0 Å². The zero-order valence-electron chi connectivity index (χ0n) is 10.8.